The van der Waals surface area contributed by atoms with Crippen LogP contribution in [-0.2, 0) is 13.0 Å². The van der Waals surface area contributed by atoms with Gasteiger partial charge in [-0.2, -0.15) is 0 Å². The van der Waals surface area contributed by atoms with E-state index in [1.165, 1.54) is 23.3 Å². The smallest absolute Gasteiger partial charge is 0.252 e. The first-order valence-electron chi connectivity index (χ1n) is 8.88. The molecule has 2 aromatic carbocycles. The van der Waals surface area contributed by atoms with Gasteiger partial charge in [0.05, 0.1) is 5.56 Å². The van der Waals surface area contributed by atoms with Gasteiger partial charge < -0.3 is 10.6 Å². The molecule has 138 valence electrons. The number of amides is 1. The molecule has 0 radical (unpaired) electrons. The highest BCUT2D eigenvalue weighted by Crippen LogP contribution is 2.09. The SMILES string of the molecule is Cc1ccc(CNc2ccc(C(=O)NCCc3ccc(F)cc3)cn2)cc1. The Morgan fingerprint density at radius 3 is 2.33 bits per heavy atom. The zero-order valence-corrected chi connectivity index (χ0v) is 15.2. The third kappa shape index (κ3) is 5.64. The first-order chi connectivity index (χ1) is 13.1. The molecule has 0 aliphatic heterocycles. The fourth-order valence-electron chi connectivity index (χ4n) is 2.60. The summed E-state index contributed by atoms with van der Waals surface area (Å²) >= 11 is 0. The molecule has 1 amide bonds. The molecule has 1 aromatic heterocycles. The molecule has 0 atom stereocenters. The lowest BCUT2D eigenvalue weighted by Gasteiger charge is -2.08. The maximum atomic E-state index is 12.9. The average molecular weight is 363 g/mol. The van der Waals surface area contributed by atoms with Gasteiger partial charge in [0, 0.05) is 19.3 Å². The highest BCUT2D eigenvalue weighted by Gasteiger charge is 2.06. The second-order valence-corrected chi connectivity index (χ2v) is 6.40. The van der Waals surface area contributed by atoms with Crippen molar-refractivity contribution in [2.24, 2.45) is 0 Å². The molecule has 0 spiro atoms. The number of anilines is 1. The van der Waals surface area contributed by atoms with Gasteiger partial charge in [-0.25, -0.2) is 9.37 Å². The first-order valence-corrected chi connectivity index (χ1v) is 8.88. The number of rotatable bonds is 7. The topological polar surface area (TPSA) is 54.0 Å². The third-order valence-corrected chi connectivity index (χ3v) is 4.23. The van der Waals surface area contributed by atoms with Crippen LogP contribution >= 0.6 is 0 Å². The Morgan fingerprint density at radius 1 is 0.963 bits per heavy atom. The number of hydrogen-bond acceptors (Lipinski definition) is 3. The Balaban J connectivity index is 1.46. The van der Waals surface area contributed by atoms with E-state index in [4.69, 9.17) is 0 Å². The van der Waals surface area contributed by atoms with Crippen molar-refractivity contribution in [2.45, 2.75) is 19.9 Å². The summed E-state index contributed by atoms with van der Waals surface area (Å²) in [5, 5.41) is 6.09. The molecule has 0 saturated carbocycles. The summed E-state index contributed by atoms with van der Waals surface area (Å²) in [4.78, 5) is 16.5. The lowest BCUT2D eigenvalue weighted by atomic mass is 10.1. The molecule has 4 nitrogen and oxygen atoms in total. The summed E-state index contributed by atoms with van der Waals surface area (Å²) in [6.45, 7) is 3.22. The summed E-state index contributed by atoms with van der Waals surface area (Å²) in [6, 6.07) is 18.1. The Morgan fingerprint density at radius 2 is 1.67 bits per heavy atom. The number of aromatic nitrogens is 1. The van der Waals surface area contributed by atoms with Gasteiger partial charge in [0.1, 0.15) is 11.6 Å². The number of halogens is 1. The number of nitrogens with zero attached hydrogens (tertiary/aromatic N) is 1. The van der Waals surface area contributed by atoms with E-state index in [-0.39, 0.29) is 11.7 Å². The third-order valence-electron chi connectivity index (χ3n) is 4.23. The van der Waals surface area contributed by atoms with Crippen LogP contribution in [0, 0.1) is 12.7 Å². The second kappa shape index (κ2) is 8.94. The Labute approximate surface area is 158 Å². The van der Waals surface area contributed by atoms with Crippen molar-refractivity contribution in [1.82, 2.24) is 10.3 Å². The first kappa shape index (κ1) is 18.6. The van der Waals surface area contributed by atoms with Crippen molar-refractivity contribution >= 4 is 11.7 Å². The minimum Gasteiger partial charge on any atom is -0.366 e. The van der Waals surface area contributed by atoms with Crippen LogP contribution in [0.4, 0.5) is 10.2 Å². The molecule has 0 aliphatic carbocycles. The minimum atomic E-state index is -0.259. The summed E-state index contributed by atoms with van der Waals surface area (Å²) in [7, 11) is 0. The molecule has 3 aromatic rings. The minimum absolute atomic E-state index is 0.172. The van der Waals surface area contributed by atoms with E-state index in [9.17, 15) is 9.18 Å². The molecular weight excluding hydrogens is 341 g/mol. The Kier molecular flexibility index (Phi) is 6.15. The molecule has 0 unspecified atom stereocenters. The molecule has 1 heterocycles. The number of benzene rings is 2. The van der Waals surface area contributed by atoms with Crippen LogP contribution in [0.2, 0.25) is 0 Å². The number of carbonyl (C=O) groups excluding carboxylic acids is 1. The van der Waals surface area contributed by atoms with E-state index in [0.717, 1.165) is 11.4 Å². The molecule has 0 saturated heterocycles. The van der Waals surface area contributed by atoms with Crippen LogP contribution in [0.15, 0.2) is 66.9 Å². The predicted molar refractivity (Wildman–Crippen MR) is 105 cm³/mol. The van der Waals surface area contributed by atoms with E-state index >= 15 is 0 Å². The maximum absolute atomic E-state index is 12.9. The van der Waals surface area contributed by atoms with Gasteiger partial charge in [0.25, 0.3) is 5.91 Å². The molecule has 0 fully saturated rings. The standard InChI is InChI=1S/C22H22FN3O/c1-16-2-4-18(5-3-16)14-25-21-11-8-19(15-26-21)22(27)24-13-12-17-6-9-20(23)10-7-17/h2-11,15H,12-14H2,1H3,(H,24,27)(H,25,26). The van der Waals surface area contributed by atoms with E-state index in [2.05, 4.69) is 46.8 Å². The lowest BCUT2D eigenvalue weighted by Crippen LogP contribution is -2.25. The van der Waals surface area contributed by atoms with Gasteiger partial charge in [0.15, 0.2) is 0 Å². The van der Waals surface area contributed by atoms with Crippen molar-refractivity contribution in [3.8, 4) is 0 Å². The molecule has 0 bridgehead atoms. The zero-order chi connectivity index (χ0) is 19.1. The van der Waals surface area contributed by atoms with Crippen LogP contribution in [0.25, 0.3) is 0 Å². The zero-order valence-electron chi connectivity index (χ0n) is 15.2. The second-order valence-electron chi connectivity index (χ2n) is 6.40. The fourth-order valence-corrected chi connectivity index (χ4v) is 2.60. The fraction of sp³-hybridized carbons (Fsp3) is 0.182. The van der Waals surface area contributed by atoms with Crippen LogP contribution in [-0.4, -0.2) is 17.4 Å². The quantitative estimate of drug-likeness (QED) is 0.664. The van der Waals surface area contributed by atoms with E-state index in [0.29, 0.717) is 25.1 Å². The van der Waals surface area contributed by atoms with Crippen molar-refractivity contribution in [2.75, 3.05) is 11.9 Å². The van der Waals surface area contributed by atoms with Gasteiger partial charge in [-0.15, -0.1) is 0 Å². The molecule has 27 heavy (non-hydrogen) atoms. The van der Waals surface area contributed by atoms with Crippen molar-refractivity contribution in [1.29, 1.82) is 0 Å². The maximum Gasteiger partial charge on any atom is 0.252 e. The van der Waals surface area contributed by atoms with Crippen molar-refractivity contribution < 1.29 is 9.18 Å². The Bertz CT molecular complexity index is 875. The summed E-state index contributed by atoms with van der Waals surface area (Å²) in [5.41, 5.74) is 3.89. The number of nitrogens with one attached hydrogen (secondary N) is 2. The normalized spacial score (nSPS) is 10.4. The lowest BCUT2D eigenvalue weighted by molar-refractivity contribution is 0.0954. The van der Waals surface area contributed by atoms with Gasteiger partial charge in [-0.3, -0.25) is 4.79 Å². The van der Waals surface area contributed by atoms with E-state index in [1.807, 2.05) is 0 Å². The number of carbonyl (C=O) groups is 1. The van der Waals surface area contributed by atoms with Crippen LogP contribution < -0.4 is 10.6 Å². The van der Waals surface area contributed by atoms with Gasteiger partial charge in [-0.1, -0.05) is 42.0 Å². The van der Waals surface area contributed by atoms with Gasteiger partial charge in [-0.05, 0) is 48.7 Å². The monoisotopic (exact) mass is 363 g/mol. The highest BCUT2D eigenvalue weighted by molar-refractivity contribution is 5.94. The predicted octanol–water partition coefficient (Wildman–Crippen LogP) is 4.11. The van der Waals surface area contributed by atoms with Crippen LogP contribution in [0.1, 0.15) is 27.0 Å². The van der Waals surface area contributed by atoms with Gasteiger partial charge in [0.2, 0.25) is 0 Å². The largest absolute Gasteiger partial charge is 0.366 e. The van der Waals surface area contributed by atoms with E-state index < -0.39 is 0 Å². The van der Waals surface area contributed by atoms with Crippen molar-refractivity contribution in [3.05, 3.63) is 94.9 Å². The van der Waals surface area contributed by atoms with E-state index in [1.54, 1.807) is 30.5 Å². The van der Waals surface area contributed by atoms with Crippen LogP contribution in [0.3, 0.4) is 0 Å². The van der Waals surface area contributed by atoms with Crippen LogP contribution in [0.5, 0.6) is 0 Å². The summed E-state index contributed by atoms with van der Waals surface area (Å²) in [6.07, 6.45) is 2.21. The van der Waals surface area contributed by atoms with Crippen molar-refractivity contribution in [3.63, 3.8) is 0 Å². The number of hydrogen-bond donors (Lipinski definition) is 2. The molecule has 2 N–H and O–H groups in total. The number of aryl methyl sites for hydroxylation is 1. The molecule has 3 rings (SSSR count). The van der Waals surface area contributed by atoms with Gasteiger partial charge >= 0.3 is 0 Å². The Hall–Kier alpha value is -3.21. The number of pyridine rings is 1. The molecular formula is C22H22FN3O. The summed E-state index contributed by atoms with van der Waals surface area (Å²) in [5.74, 6) is 0.290. The molecule has 5 heteroatoms. The molecule has 0 aliphatic rings. The summed E-state index contributed by atoms with van der Waals surface area (Å²) < 4.78 is 12.9. The highest BCUT2D eigenvalue weighted by atomic mass is 19.1. The average Bonchev–Trinajstić information content (AvgIpc) is 2.69.